The molecule has 0 aliphatic carbocycles. The molecule has 2 N–H and O–H groups in total. The van der Waals surface area contributed by atoms with Crippen LogP contribution in [0.15, 0.2) is 78.9 Å². The number of rotatable bonds is 6. The molecule has 0 aromatic heterocycles. The van der Waals surface area contributed by atoms with Gasteiger partial charge in [-0.3, -0.25) is 9.69 Å². The first kappa shape index (κ1) is 19.6. The monoisotopic (exact) mass is 414 g/mol. The van der Waals surface area contributed by atoms with E-state index in [9.17, 15) is 4.79 Å². The van der Waals surface area contributed by atoms with Crippen LogP contribution in [-0.2, 0) is 16.8 Å². The van der Waals surface area contributed by atoms with Crippen molar-refractivity contribution >= 4 is 5.91 Å². The van der Waals surface area contributed by atoms with E-state index in [1.54, 1.807) is 0 Å². The summed E-state index contributed by atoms with van der Waals surface area (Å²) in [6, 6.07) is 26.1. The number of carbonyl (C=O) groups excluding carboxylic acids is 1. The van der Waals surface area contributed by atoms with E-state index in [0.717, 1.165) is 48.7 Å². The number of likely N-dealkylation sites (tertiary alicyclic amines) is 1. The first-order valence-electron chi connectivity index (χ1n) is 10.7. The van der Waals surface area contributed by atoms with E-state index in [2.05, 4.69) is 11.0 Å². The lowest BCUT2D eigenvalue weighted by molar-refractivity contribution is -0.123. The van der Waals surface area contributed by atoms with Crippen molar-refractivity contribution in [1.82, 2.24) is 4.90 Å². The summed E-state index contributed by atoms with van der Waals surface area (Å²) < 4.78 is 10.9. The van der Waals surface area contributed by atoms with Crippen molar-refractivity contribution in [2.45, 2.75) is 18.4 Å². The Morgan fingerprint density at radius 1 is 0.935 bits per heavy atom. The summed E-state index contributed by atoms with van der Waals surface area (Å²) in [7, 11) is 0. The minimum Gasteiger partial charge on any atom is -0.454 e. The van der Waals surface area contributed by atoms with Gasteiger partial charge in [-0.2, -0.15) is 0 Å². The van der Waals surface area contributed by atoms with E-state index >= 15 is 0 Å². The minimum absolute atomic E-state index is 0.0869. The Bertz CT molecular complexity index is 1030. The predicted octanol–water partition coefficient (Wildman–Crippen LogP) is 3.71. The molecule has 2 aliphatic rings. The van der Waals surface area contributed by atoms with Gasteiger partial charge in [0.1, 0.15) is 5.41 Å². The van der Waals surface area contributed by atoms with E-state index in [0.29, 0.717) is 0 Å². The van der Waals surface area contributed by atoms with E-state index in [4.69, 9.17) is 15.2 Å². The molecule has 0 bridgehead atoms. The van der Waals surface area contributed by atoms with Crippen molar-refractivity contribution in [2.24, 2.45) is 11.7 Å². The van der Waals surface area contributed by atoms with Crippen LogP contribution in [-0.4, -0.2) is 30.7 Å². The standard InChI is InChI=1S/C26H26N2O3/c27-25(29)26(20-7-3-1-4-8-20,21-9-5-2-6-10-21)22-13-14-28(17-22)16-19-11-12-23-24(15-19)31-18-30-23/h1-12,15,22H,13-14,16-18H2,(H2,27,29)/t22-/m0/s1. The second kappa shape index (κ2) is 8.08. The molecule has 3 aromatic carbocycles. The van der Waals surface area contributed by atoms with Gasteiger partial charge >= 0.3 is 0 Å². The Morgan fingerprint density at radius 3 is 2.23 bits per heavy atom. The van der Waals surface area contributed by atoms with Crippen LogP contribution in [0.3, 0.4) is 0 Å². The average Bonchev–Trinajstić information content (AvgIpc) is 3.45. The zero-order chi connectivity index (χ0) is 21.3. The molecule has 5 rings (SSSR count). The third kappa shape index (κ3) is 3.45. The van der Waals surface area contributed by atoms with Gasteiger partial charge < -0.3 is 15.2 Å². The number of ether oxygens (including phenoxy) is 2. The summed E-state index contributed by atoms with van der Waals surface area (Å²) in [4.78, 5) is 15.6. The number of carbonyl (C=O) groups is 1. The van der Waals surface area contributed by atoms with E-state index in [-0.39, 0.29) is 18.6 Å². The number of hydrogen-bond donors (Lipinski definition) is 1. The van der Waals surface area contributed by atoms with Gasteiger partial charge in [-0.15, -0.1) is 0 Å². The van der Waals surface area contributed by atoms with E-state index in [1.807, 2.05) is 72.8 Å². The van der Waals surface area contributed by atoms with Crippen molar-refractivity contribution in [2.75, 3.05) is 19.9 Å². The lowest BCUT2D eigenvalue weighted by Gasteiger charge is -2.37. The highest BCUT2D eigenvalue weighted by molar-refractivity contribution is 5.91. The van der Waals surface area contributed by atoms with Crippen LogP contribution in [0.25, 0.3) is 0 Å². The maximum Gasteiger partial charge on any atom is 0.232 e. The lowest BCUT2D eigenvalue weighted by Crippen LogP contribution is -2.49. The summed E-state index contributed by atoms with van der Waals surface area (Å²) in [5.41, 5.74) is 8.43. The molecule has 0 radical (unpaired) electrons. The predicted molar refractivity (Wildman–Crippen MR) is 119 cm³/mol. The van der Waals surface area contributed by atoms with Crippen LogP contribution >= 0.6 is 0 Å². The number of nitrogens with zero attached hydrogens (tertiary/aromatic N) is 1. The van der Waals surface area contributed by atoms with Crippen LogP contribution in [0, 0.1) is 5.92 Å². The molecule has 0 spiro atoms. The highest BCUT2D eigenvalue weighted by atomic mass is 16.7. The zero-order valence-corrected chi connectivity index (χ0v) is 17.4. The van der Waals surface area contributed by atoms with Gasteiger partial charge in [0.15, 0.2) is 11.5 Å². The largest absolute Gasteiger partial charge is 0.454 e. The van der Waals surface area contributed by atoms with Gasteiger partial charge in [0.25, 0.3) is 0 Å². The van der Waals surface area contributed by atoms with Gasteiger partial charge in [-0.05, 0) is 47.7 Å². The number of primary amides is 1. The van der Waals surface area contributed by atoms with Gasteiger partial charge in [-0.1, -0.05) is 66.7 Å². The van der Waals surface area contributed by atoms with Crippen LogP contribution in [0.4, 0.5) is 0 Å². The van der Waals surface area contributed by atoms with E-state index < -0.39 is 5.41 Å². The number of benzene rings is 3. The quantitative estimate of drug-likeness (QED) is 0.668. The first-order chi connectivity index (χ1) is 15.2. The number of nitrogens with two attached hydrogens (primary N) is 1. The van der Waals surface area contributed by atoms with Gasteiger partial charge in [0, 0.05) is 13.1 Å². The van der Waals surface area contributed by atoms with Crippen LogP contribution in [0.2, 0.25) is 0 Å². The lowest BCUT2D eigenvalue weighted by atomic mass is 9.64. The topological polar surface area (TPSA) is 64.8 Å². The SMILES string of the molecule is NC(=O)C(c1ccccc1)(c1ccccc1)[C@H]1CCN(Cc2ccc3c(c2)OCO3)C1. The summed E-state index contributed by atoms with van der Waals surface area (Å²) >= 11 is 0. The highest BCUT2D eigenvalue weighted by Crippen LogP contribution is 2.44. The second-order valence-corrected chi connectivity index (χ2v) is 8.31. The molecule has 158 valence electrons. The molecule has 1 atom stereocenters. The van der Waals surface area contributed by atoms with Crippen molar-refractivity contribution < 1.29 is 14.3 Å². The maximum absolute atomic E-state index is 13.2. The Kier molecular flexibility index (Phi) is 5.12. The van der Waals surface area contributed by atoms with Crippen LogP contribution in [0.5, 0.6) is 11.5 Å². The molecule has 5 nitrogen and oxygen atoms in total. The number of hydrogen-bond acceptors (Lipinski definition) is 4. The van der Waals surface area contributed by atoms with Crippen molar-refractivity contribution in [3.8, 4) is 11.5 Å². The maximum atomic E-state index is 13.2. The summed E-state index contributed by atoms with van der Waals surface area (Å²) in [5.74, 6) is 1.39. The molecule has 0 unspecified atom stereocenters. The molecule has 1 amide bonds. The fourth-order valence-electron chi connectivity index (χ4n) is 5.15. The fraction of sp³-hybridized carbons (Fsp3) is 0.269. The normalized spacial score (nSPS) is 18.3. The second-order valence-electron chi connectivity index (χ2n) is 8.31. The number of amides is 1. The third-order valence-electron chi connectivity index (χ3n) is 6.57. The third-order valence-corrected chi connectivity index (χ3v) is 6.57. The summed E-state index contributed by atoms with van der Waals surface area (Å²) in [5, 5.41) is 0. The molecule has 2 aliphatic heterocycles. The fourth-order valence-corrected chi connectivity index (χ4v) is 5.15. The van der Waals surface area contributed by atoms with Gasteiger partial charge in [0.2, 0.25) is 12.7 Å². The molecule has 1 saturated heterocycles. The molecule has 3 aromatic rings. The van der Waals surface area contributed by atoms with Crippen molar-refractivity contribution in [1.29, 1.82) is 0 Å². The average molecular weight is 415 g/mol. The summed E-state index contributed by atoms with van der Waals surface area (Å²) in [6.45, 7) is 2.78. The molecule has 0 saturated carbocycles. The molecule has 5 heteroatoms. The Hall–Kier alpha value is -3.31. The minimum atomic E-state index is -0.855. The van der Waals surface area contributed by atoms with Crippen molar-refractivity contribution in [3.05, 3.63) is 95.6 Å². The molecular formula is C26H26N2O3. The van der Waals surface area contributed by atoms with Crippen molar-refractivity contribution in [3.63, 3.8) is 0 Å². The molecule has 2 heterocycles. The number of fused-ring (bicyclic) bond motifs is 1. The molecule has 31 heavy (non-hydrogen) atoms. The van der Waals surface area contributed by atoms with Crippen LogP contribution in [0.1, 0.15) is 23.1 Å². The molecule has 1 fully saturated rings. The van der Waals surface area contributed by atoms with E-state index in [1.165, 1.54) is 5.56 Å². The highest BCUT2D eigenvalue weighted by Gasteiger charge is 2.49. The molecular weight excluding hydrogens is 388 g/mol. The smallest absolute Gasteiger partial charge is 0.232 e. The Balaban J connectivity index is 1.46. The first-order valence-corrected chi connectivity index (χ1v) is 10.7. The zero-order valence-electron chi connectivity index (χ0n) is 17.4. The van der Waals surface area contributed by atoms with Gasteiger partial charge in [-0.25, -0.2) is 0 Å². The van der Waals surface area contributed by atoms with Gasteiger partial charge in [0.05, 0.1) is 0 Å². The summed E-state index contributed by atoms with van der Waals surface area (Å²) in [6.07, 6.45) is 0.900. The Morgan fingerprint density at radius 2 is 1.58 bits per heavy atom. The van der Waals surface area contributed by atoms with Crippen LogP contribution < -0.4 is 15.2 Å². The Labute approximate surface area is 182 Å².